The maximum atomic E-state index is 14.0. The average Bonchev–Trinajstić information content (AvgIpc) is 3.06. The van der Waals surface area contributed by atoms with Crippen LogP contribution in [0.1, 0.15) is 18.2 Å². The highest BCUT2D eigenvalue weighted by Gasteiger charge is 2.40. The van der Waals surface area contributed by atoms with E-state index in [1.807, 2.05) is 0 Å². The molecule has 3 rings (SSSR count). The number of hydrogen-bond acceptors (Lipinski definition) is 4. The number of alkyl halides is 3. The molecule has 1 amide bonds. The Morgan fingerprint density at radius 2 is 1.72 bits per heavy atom. The van der Waals surface area contributed by atoms with E-state index in [0.717, 1.165) is 6.26 Å². The SMILES string of the molecule is C/C=C/c1c(-c2ccc(S(C)(=O)=O)cc2)nn(CC(=O)Nc2ccccc2)c1C(F)(F)F. The van der Waals surface area contributed by atoms with E-state index in [9.17, 15) is 26.4 Å². The summed E-state index contributed by atoms with van der Waals surface area (Å²) in [5.41, 5.74) is -0.551. The van der Waals surface area contributed by atoms with Crippen molar-refractivity contribution in [1.82, 2.24) is 9.78 Å². The number of carbonyl (C=O) groups is 1. The molecule has 10 heteroatoms. The first-order chi connectivity index (χ1) is 15.0. The fraction of sp³-hybridized carbons (Fsp3) is 0.182. The molecule has 3 aromatic rings. The van der Waals surface area contributed by atoms with E-state index in [2.05, 4.69) is 10.4 Å². The second-order valence-corrected chi connectivity index (χ2v) is 8.99. The van der Waals surface area contributed by atoms with Crippen molar-refractivity contribution in [2.75, 3.05) is 11.6 Å². The molecule has 0 saturated heterocycles. The molecule has 0 atom stereocenters. The lowest BCUT2D eigenvalue weighted by Crippen LogP contribution is -2.24. The summed E-state index contributed by atoms with van der Waals surface area (Å²) in [6.45, 7) is 0.909. The molecule has 0 fully saturated rings. The van der Waals surface area contributed by atoms with Gasteiger partial charge in [-0.1, -0.05) is 42.5 Å². The van der Waals surface area contributed by atoms with Gasteiger partial charge in [0.05, 0.1) is 4.90 Å². The van der Waals surface area contributed by atoms with Crippen molar-refractivity contribution in [3.63, 3.8) is 0 Å². The molecule has 1 heterocycles. The Balaban J connectivity index is 2.06. The quantitative estimate of drug-likeness (QED) is 0.577. The molecule has 2 aromatic carbocycles. The van der Waals surface area contributed by atoms with Gasteiger partial charge in [-0.15, -0.1) is 0 Å². The lowest BCUT2D eigenvalue weighted by molar-refractivity contribution is -0.144. The van der Waals surface area contributed by atoms with E-state index < -0.39 is 34.2 Å². The highest BCUT2D eigenvalue weighted by molar-refractivity contribution is 7.90. The maximum absolute atomic E-state index is 14.0. The first kappa shape index (κ1) is 23.3. The topological polar surface area (TPSA) is 81.1 Å². The number of amides is 1. The van der Waals surface area contributed by atoms with Crippen LogP contribution in [0.2, 0.25) is 0 Å². The van der Waals surface area contributed by atoms with Gasteiger partial charge >= 0.3 is 6.18 Å². The number of allylic oxidation sites excluding steroid dienone is 1. The van der Waals surface area contributed by atoms with Crippen LogP contribution in [0, 0.1) is 0 Å². The first-order valence-electron chi connectivity index (χ1n) is 9.47. The maximum Gasteiger partial charge on any atom is 0.433 e. The van der Waals surface area contributed by atoms with E-state index in [1.54, 1.807) is 37.3 Å². The smallest absolute Gasteiger partial charge is 0.324 e. The minimum atomic E-state index is -4.78. The van der Waals surface area contributed by atoms with Gasteiger partial charge in [0.1, 0.15) is 12.2 Å². The van der Waals surface area contributed by atoms with E-state index in [0.29, 0.717) is 15.9 Å². The Hall–Kier alpha value is -3.40. The second-order valence-electron chi connectivity index (χ2n) is 6.98. The summed E-state index contributed by atoms with van der Waals surface area (Å²) < 4.78 is 65.9. The highest BCUT2D eigenvalue weighted by atomic mass is 32.2. The van der Waals surface area contributed by atoms with Crippen molar-refractivity contribution in [2.45, 2.75) is 24.5 Å². The van der Waals surface area contributed by atoms with Crippen LogP contribution in [0.3, 0.4) is 0 Å². The van der Waals surface area contributed by atoms with Crippen LogP contribution in [0.4, 0.5) is 18.9 Å². The Morgan fingerprint density at radius 3 is 2.25 bits per heavy atom. The molecule has 0 spiro atoms. The number of aromatic nitrogens is 2. The molecule has 168 valence electrons. The van der Waals surface area contributed by atoms with Crippen molar-refractivity contribution >= 4 is 27.5 Å². The van der Waals surface area contributed by atoms with Crippen LogP contribution in [0.5, 0.6) is 0 Å². The van der Waals surface area contributed by atoms with Crippen LogP contribution in [0.15, 0.2) is 65.6 Å². The first-order valence-corrected chi connectivity index (χ1v) is 11.4. The zero-order valence-corrected chi connectivity index (χ0v) is 18.0. The minimum Gasteiger partial charge on any atom is -0.324 e. The summed E-state index contributed by atoms with van der Waals surface area (Å²) in [5.74, 6) is -0.671. The van der Waals surface area contributed by atoms with Gasteiger partial charge in [-0.25, -0.2) is 13.1 Å². The van der Waals surface area contributed by atoms with Gasteiger partial charge in [-0.05, 0) is 31.2 Å². The van der Waals surface area contributed by atoms with Crippen molar-refractivity contribution < 1.29 is 26.4 Å². The molecule has 1 N–H and O–H groups in total. The number of nitrogens with zero attached hydrogens (tertiary/aromatic N) is 2. The lowest BCUT2D eigenvalue weighted by atomic mass is 10.0. The zero-order valence-electron chi connectivity index (χ0n) is 17.2. The summed E-state index contributed by atoms with van der Waals surface area (Å²) in [6, 6.07) is 13.7. The second kappa shape index (κ2) is 8.99. The molecule has 6 nitrogen and oxygen atoms in total. The van der Waals surface area contributed by atoms with E-state index in [-0.39, 0.29) is 16.2 Å². The van der Waals surface area contributed by atoms with Crippen LogP contribution in [0.25, 0.3) is 17.3 Å². The number of para-hydroxylation sites is 1. The fourth-order valence-corrected chi connectivity index (χ4v) is 3.78. The van der Waals surface area contributed by atoms with Gasteiger partial charge in [-0.2, -0.15) is 18.3 Å². The third-order valence-corrected chi connectivity index (χ3v) is 5.63. The van der Waals surface area contributed by atoms with Gasteiger partial charge in [-0.3, -0.25) is 4.79 Å². The summed E-state index contributed by atoms with van der Waals surface area (Å²) >= 11 is 0. The largest absolute Gasteiger partial charge is 0.433 e. The normalized spacial score (nSPS) is 12.3. The summed E-state index contributed by atoms with van der Waals surface area (Å²) in [6.07, 6.45) is -1.04. The van der Waals surface area contributed by atoms with Crippen molar-refractivity contribution in [3.8, 4) is 11.3 Å². The predicted octanol–water partition coefficient (Wildman–Crippen LogP) is 4.64. The molecule has 0 bridgehead atoms. The molecule has 0 aliphatic rings. The third-order valence-electron chi connectivity index (χ3n) is 4.50. The Bertz CT molecular complexity index is 1250. The Morgan fingerprint density at radius 1 is 1.09 bits per heavy atom. The predicted molar refractivity (Wildman–Crippen MR) is 116 cm³/mol. The van der Waals surface area contributed by atoms with Crippen LogP contribution < -0.4 is 5.32 Å². The van der Waals surface area contributed by atoms with Gasteiger partial charge in [0.15, 0.2) is 15.5 Å². The molecule has 0 saturated carbocycles. The van der Waals surface area contributed by atoms with Crippen LogP contribution in [-0.2, 0) is 27.4 Å². The van der Waals surface area contributed by atoms with Gasteiger partial charge in [0.25, 0.3) is 0 Å². The molecule has 32 heavy (non-hydrogen) atoms. The highest BCUT2D eigenvalue weighted by Crippen LogP contribution is 2.38. The van der Waals surface area contributed by atoms with Crippen LogP contribution >= 0.6 is 0 Å². The number of sulfone groups is 1. The molecule has 0 radical (unpaired) electrons. The number of halogens is 3. The van der Waals surface area contributed by atoms with Crippen molar-refractivity contribution in [1.29, 1.82) is 0 Å². The summed E-state index contributed by atoms with van der Waals surface area (Å²) in [7, 11) is -3.47. The minimum absolute atomic E-state index is 0.0111. The number of benzene rings is 2. The molecule has 0 unspecified atom stereocenters. The molecular formula is C22H20F3N3O3S. The Kier molecular flexibility index (Phi) is 6.54. The number of nitrogens with one attached hydrogen (secondary N) is 1. The van der Waals surface area contributed by atoms with Gasteiger partial charge in [0.2, 0.25) is 5.91 Å². The number of hydrogen-bond donors (Lipinski definition) is 1. The van der Waals surface area contributed by atoms with Gasteiger partial charge in [0, 0.05) is 23.1 Å². The van der Waals surface area contributed by atoms with E-state index >= 15 is 0 Å². The van der Waals surface area contributed by atoms with E-state index in [1.165, 1.54) is 36.4 Å². The number of rotatable bonds is 6. The van der Waals surface area contributed by atoms with Crippen LogP contribution in [-0.4, -0.2) is 30.4 Å². The zero-order chi connectivity index (χ0) is 23.5. The lowest BCUT2D eigenvalue weighted by Gasteiger charge is -2.12. The number of anilines is 1. The molecule has 0 aliphatic heterocycles. The number of carbonyl (C=O) groups excluding carboxylic acids is 1. The summed E-state index contributed by atoms with van der Waals surface area (Å²) in [4.78, 5) is 12.4. The summed E-state index contributed by atoms with van der Waals surface area (Å²) in [5, 5.41) is 6.62. The monoisotopic (exact) mass is 463 g/mol. The van der Waals surface area contributed by atoms with Gasteiger partial charge < -0.3 is 5.32 Å². The molecule has 0 aliphatic carbocycles. The Labute approximate surface area is 183 Å². The van der Waals surface area contributed by atoms with Crippen molar-refractivity contribution in [2.24, 2.45) is 0 Å². The molecule has 1 aromatic heterocycles. The van der Waals surface area contributed by atoms with Crippen molar-refractivity contribution in [3.05, 3.63) is 71.9 Å². The fourth-order valence-electron chi connectivity index (χ4n) is 3.15. The average molecular weight is 463 g/mol. The van der Waals surface area contributed by atoms with E-state index in [4.69, 9.17) is 0 Å². The standard InChI is InChI=1S/C22H20F3N3O3S/c1-3-7-18-20(15-10-12-17(13-11-15)32(2,30)31)27-28(21(18)22(23,24)25)14-19(29)26-16-8-5-4-6-9-16/h3-13H,14H2,1-2H3,(H,26,29)/b7-3+. The third kappa shape index (κ3) is 5.25. The molecular weight excluding hydrogens is 443 g/mol.